The standard InChI is InChI=1S/C23H27N3O2S/c1-16(2)18-5-7-19(8-6-18)22-24-20(15-29-22)14-25-10-12-26(13-11-25)23(27)21-9-4-17(3)28-21/h4-9,15-16H,10-14H2,1-3H3. The molecule has 1 amide bonds. The highest BCUT2D eigenvalue weighted by Gasteiger charge is 2.24. The number of aryl methyl sites for hydroxylation is 1. The summed E-state index contributed by atoms with van der Waals surface area (Å²) in [5.74, 6) is 1.73. The molecular weight excluding hydrogens is 382 g/mol. The molecule has 2 aromatic heterocycles. The first-order valence-electron chi connectivity index (χ1n) is 10.1. The number of carbonyl (C=O) groups excluding carboxylic acids is 1. The van der Waals surface area contributed by atoms with E-state index in [9.17, 15) is 4.79 Å². The first-order valence-corrected chi connectivity index (χ1v) is 11.0. The van der Waals surface area contributed by atoms with Crippen molar-refractivity contribution in [3.63, 3.8) is 0 Å². The van der Waals surface area contributed by atoms with Crippen LogP contribution in [0.5, 0.6) is 0 Å². The van der Waals surface area contributed by atoms with Crippen LogP contribution in [-0.2, 0) is 6.54 Å². The Labute approximate surface area is 176 Å². The molecule has 0 unspecified atom stereocenters. The van der Waals surface area contributed by atoms with Gasteiger partial charge in [0.1, 0.15) is 10.8 Å². The Morgan fingerprint density at radius 3 is 2.45 bits per heavy atom. The number of piperazine rings is 1. The zero-order valence-electron chi connectivity index (χ0n) is 17.2. The molecule has 0 radical (unpaired) electrons. The van der Waals surface area contributed by atoms with E-state index in [1.54, 1.807) is 17.4 Å². The van der Waals surface area contributed by atoms with Gasteiger partial charge in [0.05, 0.1) is 5.69 Å². The molecule has 0 N–H and O–H groups in total. The van der Waals surface area contributed by atoms with Gasteiger partial charge in [0.25, 0.3) is 5.91 Å². The number of benzene rings is 1. The van der Waals surface area contributed by atoms with Gasteiger partial charge in [-0.1, -0.05) is 38.1 Å². The number of furan rings is 1. The van der Waals surface area contributed by atoms with Gasteiger partial charge in [-0.15, -0.1) is 11.3 Å². The lowest BCUT2D eigenvalue weighted by Crippen LogP contribution is -2.48. The Morgan fingerprint density at radius 2 is 1.83 bits per heavy atom. The van der Waals surface area contributed by atoms with Crippen molar-refractivity contribution in [1.29, 1.82) is 0 Å². The highest BCUT2D eigenvalue weighted by molar-refractivity contribution is 7.13. The summed E-state index contributed by atoms with van der Waals surface area (Å²) in [6, 6.07) is 12.3. The topological polar surface area (TPSA) is 49.6 Å². The molecule has 1 fully saturated rings. The number of carbonyl (C=O) groups is 1. The largest absolute Gasteiger partial charge is 0.456 e. The maximum atomic E-state index is 12.5. The monoisotopic (exact) mass is 409 g/mol. The average Bonchev–Trinajstić information content (AvgIpc) is 3.37. The van der Waals surface area contributed by atoms with E-state index in [0.29, 0.717) is 24.8 Å². The lowest BCUT2D eigenvalue weighted by molar-refractivity contribution is 0.0595. The molecule has 0 spiro atoms. The molecule has 6 heteroatoms. The summed E-state index contributed by atoms with van der Waals surface area (Å²) in [5.41, 5.74) is 3.62. The Hall–Kier alpha value is -2.44. The van der Waals surface area contributed by atoms with Crippen LogP contribution in [0.4, 0.5) is 0 Å². The third kappa shape index (κ3) is 4.60. The molecule has 1 aromatic carbocycles. The Kier molecular flexibility index (Phi) is 5.83. The number of thiazole rings is 1. The maximum Gasteiger partial charge on any atom is 0.289 e. The fourth-order valence-corrected chi connectivity index (χ4v) is 4.38. The van der Waals surface area contributed by atoms with E-state index in [0.717, 1.165) is 36.1 Å². The van der Waals surface area contributed by atoms with E-state index in [1.165, 1.54) is 11.1 Å². The Bertz CT molecular complexity index is 966. The van der Waals surface area contributed by atoms with Crippen molar-refractivity contribution in [1.82, 2.24) is 14.8 Å². The summed E-state index contributed by atoms with van der Waals surface area (Å²) in [6.45, 7) is 10.2. The number of nitrogens with zero attached hydrogens (tertiary/aromatic N) is 3. The quantitative estimate of drug-likeness (QED) is 0.608. The van der Waals surface area contributed by atoms with Gasteiger partial charge in [0, 0.05) is 43.7 Å². The van der Waals surface area contributed by atoms with E-state index in [2.05, 4.69) is 48.4 Å². The maximum absolute atomic E-state index is 12.5. The minimum Gasteiger partial charge on any atom is -0.456 e. The zero-order valence-corrected chi connectivity index (χ0v) is 18.0. The molecule has 3 aromatic rings. The van der Waals surface area contributed by atoms with Crippen LogP contribution in [0.1, 0.15) is 47.3 Å². The molecule has 0 aliphatic carbocycles. The van der Waals surface area contributed by atoms with Crippen molar-refractivity contribution in [2.45, 2.75) is 33.2 Å². The van der Waals surface area contributed by atoms with Gasteiger partial charge in [0.15, 0.2) is 5.76 Å². The van der Waals surface area contributed by atoms with Crippen molar-refractivity contribution in [2.24, 2.45) is 0 Å². The molecule has 0 atom stereocenters. The molecule has 3 heterocycles. The van der Waals surface area contributed by atoms with E-state index in [-0.39, 0.29) is 5.91 Å². The van der Waals surface area contributed by atoms with Gasteiger partial charge in [0.2, 0.25) is 0 Å². The van der Waals surface area contributed by atoms with E-state index < -0.39 is 0 Å². The fraction of sp³-hybridized carbons (Fsp3) is 0.391. The van der Waals surface area contributed by atoms with Crippen molar-refractivity contribution < 1.29 is 9.21 Å². The highest BCUT2D eigenvalue weighted by atomic mass is 32.1. The van der Waals surface area contributed by atoms with Gasteiger partial charge in [-0.3, -0.25) is 9.69 Å². The van der Waals surface area contributed by atoms with Crippen LogP contribution in [0.25, 0.3) is 10.6 Å². The molecule has 29 heavy (non-hydrogen) atoms. The average molecular weight is 410 g/mol. The van der Waals surface area contributed by atoms with Crippen LogP contribution in [0.15, 0.2) is 46.2 Å². The second kappa shape index (κ2) is 8.51. The lowest BCUT2D eigenvalue weighted by atomic mass is 10.0. The van der Waals surface area contributed by atoms with Crippen LogP contribution in [-0.4, -0.2) is 46.9 Å². The van der Waals surface area contributed by atoms with Crippen LogP contribution in [0, 0.1) is 6.92 Å². The van der Waals surface area contributed by atoms with Crippen molar-refractivity contribution in [3.05, 3.63) is 64.6 Å². The molecule has 152 valence electrons. The summed E-state index contributed by atoms with van der Waals surface area (Å²) >= 11 is 1.70. The van der Waals surface area contributed by atoms with Crippen molar-refractivity contribution in [2.75, 3.05) is 26.2 Å². The van der Waals surface area contributed by atoms with Crippen LogP contribution >= 0.6 is 11.3 Å². The molecule has 1 saturated heterocycles. The zero-order chi connectivity index (χ0) is 20.4. The highest BCUT2D eigenvalue weighted by Crippen LogP contribution is 2.26. The predicted molar refractivity (Wildman–Crippen MR) is 116 cm³/mol. The van der Waals surface area contributed by atoms with Crippen molar-refractivity contribution in [3.8, 4) is 10.6 Å². The summed E-state index contributed by atoms with van der Waals surface area (Å²) in [5, 5.41) is 3.21. The predicted octanol–water partition coefficient (Wildman–Crippen LogP) is 4.79. The molecule has 1 aliphatic rings. The molecule has 0 bridgehead atoms. The smallest absolute Gasteiger partial charge is 0.289 e. The van der Waals surface area contributed by atoms with Gasteiger partial charge >= 0.3 is 0 Å². The van der Waals surface area contributed by atoms with Crippen LogP contribution < -0.4 is 0 Å². The summed E-state index contributed by atoms with van der Waals surface area (Å²) in [7, 11) is 0. The SMILES string of the molecule is Cc1ccc(C(=O)N2CCN(Cc3csc(-c4ccc(C(C)C)cc4)n3)CC2)o1. The van der Waals surface area contributed by atoms with Crippen LogP contribution in [0.3, 0.4) is 0 Å². The molecule has 1 aliphatic heterocycles. The third-order valence-corrected chi connectivity index (χ3v) is 6.31. The number of amides is 1. The third-order valence-electron chi connectivity index (χ3n) is 5.37. The fourth-order valence-electron chi connectivity index (χ4n) is 3.57. The van der Waals surface area contributed by atoms with Gasteiger partial charge in [-0.05, 0) is 30.5 Å². The molecule has 0 saturated carbocycles. The normalized spacial score (nSPS) is 15.2. The van der Waals surface area contributed by atoms with Crippen molar-refractivity contribution >= 4 is 17.2 Å². The summed E-state index contributed by atoms with van der Waals surface area (Å²) in [4.78, 5) is 21.6. The number of hydrogen-bond acceptors (Lipinski definition) is 5. The van der Waals surface area contributed by atoms with E-state index in [4.69, 9.17) is 9.40 Å². The summed E-state index contributed by atoms with van der Waals surface area (Å²) in [6.07, 6.45) is 0. The van der Waals surface area contributed by atoms with Gasteiger partial charge < -0.3 is 9.32 Å². The Balaban J connectivity index is 1.32. The first kappa shape index (κ1) is 19.9. The lowest BCUT2D eigenvalue weighted by Gasteiger charge is -2.33. The molecule has 4 rings (SSSR count). The van der Waals surface area contributed by atoms with E-state index in [1.807, 2.05) is 17.9 Å². The second-order valence-electron chi connectivity index (χ2n) is 7.90. The number of aromatic nitrogens is 1. The summed E-state index contributed by atoms with van der Waals surface area (Å²) < 4.78 is 5.47. The minimum absolute atomic E-state index is 0.0152. The van der Waals surface area contributed by atoms with Gasteiger partial charge in [-0.2, -0.15) is 0 Å². The molecule has 5 nitrogen and oxygen atoms in total. The number of hydrogen-bond donors (Lipinski definition) is 0. The second-order valence-corrected chi connectivity index (χ2v) is 8.76. The Morgan fingerprint density at radius 1 is 1.10 bits per heavy atom. The minimum atomic E-state index is -0.0152. The van der Waals surface area contributed by atoms with Gasteiger partial charge in [-0.25, -0.2) is 4.98 Å². The molecular formula is C23H27N3O2S. The first-order chi connectivity index (χ1) is 14.0. The van der Waals surface area contributed by atoms with Crippen LogP contribution in [0.2, 0.25) is 0 Å². The number of rotatable bonds is 5. The van der Waals surface area contributed by atoms with E-state index >= 15 is 0 Å².